The van der Waals surface area contributed by atoms with Crippen molar-refractivity contribution in [1.29, 1.82) is 0 Å². The first-order chi connectivity index (χ1) is 16.0. The highest BCUT2D eigenvalue weighted by molar-refractivity contribution is 5.82. The van der Waals surface area contributed by atoms with Crippen LogP contribution in [-0.4, -0.2) is 46.9 Å². The highest BCUT2D eigenvalue weighted by Gasteiger charge is 2.27. The summed E-state index contributed by atoms with van der Waals surface area (Å²) < 4.78 is 16.1. The molecule has 2 N–H and O–H groups in total. The molecular formula is C25H35NO8. The number of alkyl carbamates (subject to hydrolysis) is 1. The number of hydrogen-bond acceptors (Lipinski definition) is 7. The first kappa shape index (κ1) is 27.1. The van der Waals surface area contributed by atoms with E-state index in [1.54, 1.807) is 45.0 Å². The van der Waals surface area contributed by atoms with E-state index in [0.29, 0.717) is 11.1 Å². The molecule has 1 unspecified atom stereocenters. The molecule has 1 aliphatic rings. The lowest BCUT2D eigenvalue weighted by Gasteiger charge is -2.24. The number of nitrogens with one attached hydrogen (secondary N) is 1. The Balaban J connectivity index is 1.93. The number of hydrogen-bond donors (Lipinski definition) is 2. The Hall–Kier alpha value is -3.10. The van der Waals surface area contributed by atoms with Crippen molar-refractivity contribution in [2.45, 2.75) is 96.5 Å². The summed E-state index contributed by atoms with van der Waals surface area (Å²) in [6.45, 7) is 5.05. The summed E-state index contributed by atoms with van der Waals surface area (Å²) in [5.41, 5.74) is 0.537. The van der Waals surface area contributed by atoms with Crippen LogP contribution in [0, 0.1) is 0 Å². The molecule has 0 saturated heterocycles. The first-order valence-corrected chi connectivity index (χ1v) is 11.7. The van der Waals surface area contributed by atoms with Crippen LogP contribution in [-0.2, 0) is 41.6 Å². The van der Waals surface area contributed by atoms with Gasteiger partial charge in [-0.15, -0.1) is 0 Å². The van der Waals surface area contributed by atoms with E-state index in [0.717, 1.165) is 32.1 Å². The van der Waals surface area contributed by atoms with Crippen LogP contribution >= 0.6 is 0 Å². The Morgan fingerprint density at radius 3 is 2.24 bits per heavy atom. The molecule has 9 nitrogen and oxygen atoms in total. The number of rotatable bonds is 10. The smallest absolute Gasteiger partial charge is 0.408 e. The summed E-state index contributed by atoms with van der Waals surface area (Å²) in [5.74, 6) is -2.05. The van der Waals surface area contributed by atoms with Crippen molar-refractivity contribution in [3.63, 3.8) is 0 Å². The molecule has 188 valence electrons. The maximum Gasteiger partial charge on any atom is 0.408 e. The van der Waals surface area contributed by atoms with Gasteiger partial charge in [0, 0.05) is 6.42 Å². The number of carboxylic acid groups (broad SMARTS) is 1. The molecule has 2 rings (SSSR count). The lowest BCUT2D eigenvalue weighted by Crippen LogP contribution is -2.44. The Morgan fingerprint density at radius 1 is 1.03 bits per heavy atom. The largest absolute Gasteiger partial charge is 0.481 e. The van der Waals surface area contributed by atoms with E-state index in [1.807, 2.05) is 0 Å². The molecule has 0 radical (unpaired) electrons. The van der Waals surface area contributed by atoms with Crippen molar-refractivity contribution in [1.82, 2.24) is 5.32 Å². The maximum absolute atomic E-state index is 12.7. The van der Waals surface area contributed by atoms with Gasteiger partial charge in [-0.1, -0.05) is 30.7 Å². The zero-order valence-corrected chi connectivity index (χ0v) is 20.1. The molecule has 1 fully saturated rings. The van der Waals surface area contributed by atoms with E-state index in [4.69, 9.17) is 19.3 Å². The number of esters is 2. The summed E-state index contributed by atoms with van der Waals surface area (Å²) in [7, 11) is 0. The molecular weight excluding hydrogens is 442 g/mol. The summed E-state index contributed by atoms with van der Waals surface area (Å²) >= 11 is 0. The molecule has 34 heavy (non-hydrogen) atoms. The van der Waals surface area contributed by atoms with Crippen molar-refractivity contribution in [3.05, 3.63) is 35.4 Å². The van der Waals surface area contributed by atoms with Crippen molar-refractivity contribution in [3.8, 4) is 0 Å². The first-order valence-electron chi connectivity index (χ1n) is 11.7. The second kappa shape index (κ2) is 13.0. The van der Waals surface area contributed by atoms with Gasteiger partial charge in [-0.3, -0.25) is 9.59 Å². The Kier molecular flexibility index (Phi) is 10.3. The number of amides is 1. The summed E-state index contributed by atoms with van der Waals surface area (Å²) in [5, 5.41) is 11.3. The second-order valence-corrected chi connectivity index (χ2v) is 9.48. The zero-order chi connectivity index (χ0) is 25.1. The molecule has 0 spiro atoms. The van der Waals surface area contributed by atoms with Crippen LogP contribution in [0.5, 0.6) is 0 Å². The fourth-order valence-electron chi connectivity index (χ4n) is 3.57. The van der Waals surface area contributed by atoms with E-state index in [1.165, 1.54) is 0 Å². The maximum atomic E-state index is 12.7. The van der Waals surface area contributed by atoms with Gasteiger partial charge >= 0.3 is 24.0 Å². The lowest BCUT2D eigenvalue weighted by atomic mass is 9.98. The third kappa shape index (κ3) is 10.7. The second-order valence-electron chi connectivity index (χ2n) is 9.48. The molecule has 0 aromatic heterocycles. The minimum Gasteiger partial charge on any atom is -0.481 e. The molecule has 1 aliphatic carbocycles. The molecule has 1 atom stereocenters. The zero-order valence-electron chi connectivity index (χ0n) is 20.1. The van der Waals surface area contributed by atoms with Crippen LogP contribution in [0.25, 0.3) is 0 Å². The lowest BCUT2D eigenvalue weighted by molar-refractivity contribution is -0.152. The molecule has 1 saturated carbocycles. The highest BCUT2D eigenvalue weighted by Crippen LogP contribution is 2.21. The number of aliphatic carboxylic acids is 1. The van der Waals surface area contributed by atoms with E-state index in [9.17, 15) is 19.2 Å². The Bertz CT molecular complexity index is 837. The molecule has 1 amide bonds. The monoisotopic (exact) mass is 477 g/mol. The number of ether oxygens (including phenoxy) is 3. The SMILES string of the molecule is CC(C)(C)OC(=O)NC(CCC(=O)OC1CCCCC1)C(=O)OCc1ccc(CC(=O)O)cc1. The Labute approximate surface area is 200 Å². The van der Waals surface area contributed by atoms with Gasteiger partial charge in [-0.05, 0) is 64.0 Å². The van der Waals surface area contributed by atoms with E-state index < -0.39 is 35.6 Å². The molecule has 0 heterocycles. The van der Waals surface area contributed by atoms with Gasteiger partial charge < -0.3 is 24.6 Å². The molecule has 0 aliphatic heterocycles. The van der Waals surface area contributed by atoms with Gasteiger partial charge in [0.2, 0.25) is 0 Å². The van der Waals surface area contributed by atoms with Gasteiger partial charge in [0.25, 0.3) is 0 Å². The normalized spacial score (nSPS) is 15.1. The summed E-state index contributed by atoms with van der Waals surface area (Å²) in [6, 6.07) is 5.55. The molecule has 0 bridgehead atoms. The minimum atomic E-state index is -1.08. The van der Waals surface area contributed by atoms with Crippen molar-refractivity contribution in [2.75, 3.05) is 0 Å². The summed E-state index contributed by atoms with van der Waals surface area (Å²) in [4.78, 5) is 48.0. The fraction of sp³-hybridized carbons (Fsp3) is 0.600. The number of carbonyl (C=O) groups excluding carboxylic acids is 3. The number of carbonyl (C=O) groups is 4. The predicted octanol–water partition coefficient (Wildman–Crippen LogP) is 3.91. The number of carboxylic acids is 1. The van der Waals surface area contributed by atoms with Gasteiger partial charge in [0.1, 0.15) is 24.4 Å². The highest BCUT2D eigenvalue weighted by atomic mass is 16.6. The Morgan fingerprint density at radius 2 is 1.65 bits per heavy atom. The van der Waals surface area contributed by atoms with Crippen LogP contribution in [0.2, 0.25) is 0 Å². The van der Waals surface area contributed by atoms with Crippen LogP contribution < -0.4 is 5.32 Å². The number of benzene rings is 1. The third-order valence-corrected chi connectivity index (χ3v) is 5.22. The predicted molar refractivity (Wildman–Crippen MR) is 123 cm³/mol. The molecule has 9 heteroatoms. The van der Waals surface area contributed by atoms with Crippen LogP contribution in [0.3, 0.4) is 0 Å². The fourth-order valence-corrected chi connectivity index (χ4v) is 3.57. The quantitative estimate of drug-likeness (QED) is 0.383. The van der Waals surface area contributed by atoms with Gasteiger partial charge in [0.05, 0.1) is 6.42 Å². The van der Waals surface area contributed by atoms with E-state index in [-0.39, 0.29) is 32.0 Å². The van der Waals surface area contributed by atoms with Crippen LogP contribution in [0.4, 0.5) is 4.79 Å². The minimum absolute atomic E-state index is 0.0151. The molecule has 1 aromatic rings. The summed E-state index contributed by atoms with van der Waals surface area (Å²) in [6.07, 6.45) is 3.90. The van der Waals surface area contributed by atoms with Gasteiger partial charge in [-0.2, -0.15) is 0 Å². The molecule has 1 aromatic carbocycles. The average Bonchev–Trinajstić information content (AvgIpc) is 2.75. The van der Waals surface area contributed by atoms with E-state index in [2.05, 4.69) is 5.32 Å². The van der Waals surface area contributed by atoms with Gasteiger partial charge in [-0.25, -0.2) is 9.59 Å². The van der Waals surface area contributed by atoms with Crippen molar-refractivity contribution in [2.24, 2.45) is 0 Å². The topological polar surface area (TPSA) is 128 Å². The van der Waals surface area contributed by atoms with Crippen molar-refractivity contribution < 1.29 is 38.5 Å². The van der Waals surface area contributed by atoms with Gasteiger partial charge in [0.15, 0.2) is 0 Å². The van der Waals surface area contributed by atoms with Crippen LogP contribution in [0.15, 0.2) is 24.3 Å². The third-order valence-electron chi connectivity index (χ3n) is 5.22. The van der Waals surface area contributed by atoms with Crippen LogP contribution in [0.1, 0.15) is 76.8 Å². The van der Waals surface area contributed by atoms with E-state index >= 15 is 0 Å². The van der Waals surface area contributed by atoms with Crippen molar-refractivity contribution >= 4 is 24.0 Å². The average molecular weight is 478 g/mol. The standard InChI is InChI=1S/C25H35NO8/c1-25(2,3)34-24(31)26-20(13-14-22(29)33-19-7-5-4-6-8-19)23(30)32-16-18-11-9-17(10-12-18)15-21(27)28/h9-12,19-20H,4-8,13-16H2,1-3H3,(H,26,31)(H,27,28).